The number of nitrogens with one attached hydrogen (secondary N) is 1. The van der Waals surface area contributed by atoms with E-state index >= 15 is 0 Å². The minimum absolute atomic E-state index is 0.136. The number of halogens is 1. The number of aryl methyl sites for hydroxylation is 1. The Morgan fingerprint density at radius 1 is 1.07 bits per heavy atom. The highest BCUT2D eigenvalue weighted by molar-refractivity contribution is 14.1. The highest BCUT2D eigenvalue weighted by Gasteiger charge is 2.12. The molecule has 0 aliphatic carbocycles. The summed E-state index contributed by atoms with van der Waals surface area (Å²) in [5, 5.41) is 0.586. The summed E-state index contributed by atoms with van der Waals surface area (Å²) in [4.78, 5) is 19.9. The lowest BCUT2D eigenvalue weighted by molar-refractivity contribution is 0.344. The van der Waals surface area contributed by atoms with Crippen LogP contribution in [0.15, 0.2) is 52.4 Å². The van der Waals surface area contributed by atoms with Crippen LogP contribution in [0.4, 0.5) is 0 Å². The number of benzene rings is 2. The van der Waals surface area contributed by atoms with Crippen molar-refractivity contribution in [1.29, 1.82) is 0 Å². The molecule has 3 rings (SSSR count). The van der Waals surface area contributed by atoms with E-state index in [0.29, 0.717) is 39.0 Å². The molecule has 0 radical (unpaired) electrons. The van der Waals surface area contributed by atoms with E-state index in [1.807, 2.05) is 72.0 Å². The van der Waals surface area contributed by atoms with Crippen LogP contribution in [0.25, 0.3) is 0 Å². The van der Waals surface area contributed by atoms with Gasteiger partial charge in [-0.1, -0.05) is 35.5 Å². The number of aromatic amines is 1. The highest BCUT2D eigenvalue weighted by Crippen LogP contribution is 2.28. The number of rotatable bonds is 9. The first kappa shape index (κ1) is 22.5. The summed E-state index contributed by atoms with van der Waals surface area (Å²) in [5.74, 6) is 2.82. The molecule has 8 heteroatoms. The zero-order valence-electron chi connectivity index (χ0n) is 17.0. The van der Waals surface area contributed by atoms with E-state index in [1.165, 1.54) is 17.3 Å². The lowest BCUT2D eigenvalue weighted by Crippen LogP contribution is -2.17. The number of thioether (sulfide) groups is 1. The monoisotopic (exact) mass is 538 g/mol. The molecule has 3 aromatic rings. The quantitative estimate of drug-likeness (QED) is 0.188. The molecule has 1 aromatic heterocycles. The molecule has 30 heavy (non-hydrogen) atoms. The van der Waals surface area contributed by atoms with E-state index in [4.69, 9.17) is 14.2 Å². The fourth-order valence-electron chi connectivity index (χ4n) is 2.78. The smallest absolute Gasteiger partial charge is 0.265 e. The fourth-order valence-corrected chi connectivity index (χ4v) is 3.93. The number of H-pyrrole nitrogens is 1. The number of methoxy groups -OCH3 is 2. The molecule has 2 aromatic carbocycles. The predicted molar refractivity (Wildman–Crippen MR) is 127 cm³/mol. The maximum Gasteiger partial charge on any atom is 0.265 e. The number of hydrogen-bond donors (Lipinski definition) is 1. The van der Waals surface area contributed by atoms with Crippen LogP contribution in [-0.4, -0.2) is 36.5 Å². The highest BCUT2D eigenvalue weighted by atomic mass is 127. The van der Waals surface area contributed by atoms with Crippen molar-refractivity contribution in [3.63, 3.8) is 0 Å². The van der Waals surface area contributed by atoms with Gasteiger partial charge in [0, 0.05) is 12.2 Å². The van der Waals surface area contributed by atoms with E-state index in [0.717, 1.165) is 17.0 Å². The Balaban J connectivity index is 1.66. The fraction of sp³-hybridized carbons (Fsp3) is 0.273. The average Bonchev–Trinajstić information content (AvgIpc) is 2.75. The molecule has 158 valence electrons. The van der Waals surface area contributed by atoms with Crippen LogP contribution in [0.5, 0.6) is 17.2 Å². The molecular formula is C22H23IN2O4S. The summed E-state index contributed by atoms with van der Waals surface area (Å²) in [6.45, 7) is 2.56. The molecule has 0 saturated heterocycles. The Morgan fingerprint density at radius 2 is 1.80 bits per heavy atom. The molecule has 0 saturated carbocycles. The van der Waals surface area contributed by atoms with Crippen LogP contribution in [0.3, 0.4) is 0 Å². The summed E-state index contributed by atoms with van der Waals surface area (Å²) in [5.41, 5.74) is 2.78. The van der Waals surface area contributed by atoms with Gasteiger partial charge in [-0.3, -0.25) is 4.79 Å². The SMILES string of the molecule is COc1ccc(Cc2nc(SCCOc3ccc(C)cc3)[nH]c(=O)c2I)cc1OC. The molecule has 1 N–H and O–H groups in total. The maximum atomic E-state index is 12.4. The summed E-state index contributed by atoms with van der Waals surface area (Å²) < 4.78 is 17.0. The molecule has 0 unspecified atom stereocenters. The summed E-state index contributed by atoms with van der Waals surface area (Å²) in [6, 6.07) is 13.6. The third kappa shape index (κ3) is 5.91. The van der Waals surface area contributed by atoms with E-state index in [2.05, 4.69) is 9.97 Å². The van der Waals surface area contributed by atoms with Gasteiger partial charge in [-0.25, -0.2) is 4.98 Å². The van der Waals surface area contributed by atoms with Gasteiger partial charge in [-0.05, 0) is 59.3 Å². The second kappa shape index (κ2) is 10.7. The van der Waals surface area contributed by atoms with Gasteiger partial charge in [0.2, 0.25) is 0 Å². The van der Waals surface area contributed by atoms with Crippen LogP contribution in [0, 0.1) is 10.5 Å². The van der Waals surface area contributed by atoms with E-state index in [9.17, 15) is 4.79 Å². The summed E-state index contributed by atoms with van der Waals surface area (Å²) in [7, 11) is 3.20. The minimum Gasteiger partial charge on any atom is -0.493 e. The van der Waals surface area contributed by atoms with Gasteiger partial charge in [0.05, 0.1) is 26.5 Å². The molecule has 0 amide bonds. The Labute approximate surface area is 193 Å². The third-order valence-corrected chi connectivity index (χ3v) is 6.29. The lowest BCUT2D eigenvalue weighted by atomic mass is 10.1. The summed E-state index contributed by atoms with van der Waals surface area (Å²) >= 11 is 3.50. The predicted octanol–water partition coefficient (Wildman–Crippen LogP) is 4.46. The zero-order valence-corrected chi connectivity index (χ0v) is 20.0. The van der Waals surface area contributed by atoms with E-state index in [-0.39, 0.29) is 5.56 Å². The number of ether oxygens (including phenoxy) is 3. The number of hydrogen-bond acceptors (Lipinski definition) is 6. The second-order valence-electron chi connectivity index (χ2n) is 6.51. The van der Waals surface area contributed by atoms with Crippen molar-refractivity contribution in [1.82, 2.24) is 9.97 Å². The number of aromatic nitrogens is 2. The minimum atomic E-state index is -0.136. The van der Waals surface area contributed by atoms with Crippen LogP contribution in [-0.2, 0) is 6.42 Å². The third-order valence-electron chi connectivity index (χ3n) is 4.34. The average molecular weight is 538 g/mol. The molecule has 0 fully saturated rings. The van der Waals surface area contributed by atoms with Gasteiger partial charge in [0.15, 0.2) is 16.7 Å². The molecular weight excluding hydrogens is 515 g/mol. The van der Waals surface area contributed by atoms with Gasteiger partial charge >= 0.3 is 0 Å². The second-order valence-corrected chi connectivity index (χ2v) is 8.67. The molecule has 0 bridgehead atoms. The van der Waals surface area contributed by atoms with Crippen molar-refractivity contribution in [2.75, 3.05) is 26.6 Å². The molecule has 0 spiro atoms. The van der Waals surface area contributed by atoms with Gasteiger partial charge in [0.25, 0.3) is 5.56 Å². The van der Waals surface area contributed by atoms with Crippen molar-refractivity contribution in [2.24, 2.45) is 0 Å². The topological polar surface area (TPSA) is 73.4 Å². The lowest BCUT2D eigenvalue weighted by Gasteiger charge is -2.11. The molecule has 6 nitrogen and oxygen atoms in total. The van der Waals surface area contributed by atoms with Gasteiger partial charge in [0.1, 0.15) is 9.32 Å². The van der Waals surface area contributed by atoms with Crippen molar-refractivity contribution < 1.29 is 14.2 Å². The molecule has 0 aliphatic heterocycles. The van der Waals surface area contributed by atoms with Crippen LogP contribution in [0.2, 0.25) is 0 Å². The maximum absolute atomic E-state index is 12.4. The first-order chi connectivity index (χ1) is 14.5. The Bertz CT molecular complexity index is 1050. The van der Waals surface area contributed by atoms with Gasteiger partial charge in [-0.2, -0.15) is 0 Å². The van der Waals surface area contributed by atoms with Crippen molar-refractivity contribution in [3.8, 4) is 17.2 Å². The van der Waals surface area contributed by atoms with Gasteiger partial charge < -0.3 is 19.2 Å². The largest absolute Gasteiger partial charge is 0.493 e. The van der Waals surface area contributed by atoms with E-state index < -0.39 is 0 Å². The first-order valence-corrected chi connectivity index (χ1v) is 11.4. The van der Waals surface area contributed by atoms with Crippen molar-refractivity contribution in [3.05, 3.63) is 73.2 Å². The van der Waals surface area contributed by atoms with E-state index in [1.54, 1.807) is 14.2 Å². The Hall–Kier alpha value is -2.20. The Kier molecular flexibility index (Phi) is 8.03. The standard InChI is InChI=1S/C22H23IN2O4S/c1-14-4-7-16(8-5-14)29-10-11-30-22-24-17(20(23)21(26)25-22)12-15-6-9-18(27-2)19(13-15)28-3/h4-9,13H,10-12H2,1-3H3,(H,24,25,26). The van der Waals surface area contributed by atoms with Crippen LogP contribution >= 0.6 is 34.4 Å². The molecule has 0 aliphatic rings. The number of nitrogens with zero attached hydrogens (tertiary/aromatic N) is 1. The Morgan fingerprint density at radius 3 is 2.50 bits per heavy atom. The van der Waals surface area contributed by atoms with Crippen LogP contribution in [0.1, 0.15) is 16.8 Å². The van der Waals surface area contributed by atoms with Gasteiger partial charge in [-0.15, -0.1) is 0 Å². The van der Waals surface area contributed by atoms with Crippen molar-refractivity contribution >= 4 is 34.4 Å². The molecule has 1 heterocycles. The van der Waals surface area contributed by atoms with Crippen LogP contribution < -0.4 is 19.8 Å². The van der Waals surface area contributed by atoms with Crippen molar-refractivity contribution in [2.45, 2.75) is 18.5 Å². The first-order valence-electron chi connectivity index (χ1n) is 9.32. The molecule has 0 atom stereocenters. The normalized spacial score (nSPS) is 10.7. The summed E-state index contributed by atoms with van der Waals surface area (Å²) in [6.07, 6.45) is 0.524. The zero-order chi connectivity index (χ0) is 21.5.